The average Bonchev–Trinajstić information content (AvgIpc) is 2.54. The first-order chi connectivity index (χ1) is 10.3. The molecule has 0 heteroatoms. The maximum Gasteiger partial charge on any atom is 0.0255 e. The van der Waals surface area contributed by atoms with Crippen molar-refractivity contribution < 1.29 is 0 Å². The highest BCUT2D eigenvalue weighted by atomic mass is 14.0. The van der Waals surface area contributed by atoms with Gasteiger partial charge < -0.3 is 0 Å². The third-order valence-corrected chi connectivity index (χ3v) is 3.37. The van der Waals surface area contributed by atoms with E-state index < -0.39 is 0 Å². The molecule has 100 valence electrons. The molecule has 3 aromatic carbocycles. The summed E-state index contributed by atoms with van der Waals surface area (Å²) in [7, 11) is 0. The topological polar surface area (TPSA) is 0 Å². The zero-order valence-corrected chi connectivity index (χ0v) is 12.0. The van der Waals surface area contributed by atoms with E-state index >= 15 is 0 Å². The summed E-state index contributed by atoms with van der Waals surface area (Å²) in [5, 5.41) is 2.48. The van der Waals surface area contributed by atoms with Crippen LogP contribution >= 0.6 is 0 Å². The summed E-state index contributed by atoms with van der Waals surface area (Å²) in [4.78, 5) is 0. The summed E-state index contributed by atoms with van der Waals surface area (Å²) in [5.41, 5.74) is 3.29. The molecule has 0 heterocycles. The van der Waals surface area contributed by atoms with Crippen molar-refractivity contribution in [1.29, 1.82) is 0 Å². The zero-order valence-electron chi connectivity index (χ0n) is 12.0. The summed E-state index contributed by atoms with van der Waals surface area (Å²) in [5.74, 6) is 6.46. The Hall–Kier alpha value is -2.78. The van der Waals surface area contributed by atoms with Gasteiger partial charge in [-0.3, -0.25) is 0 Å². The van der Waals surface area contributed by atoms with E-state index in [2.05, 4.69) is 84.6 Å². The average molecular weight is 268 g/mol. The summed E-state index contributed by atoms with van der Waals surface area (Å²) < 4.78 is 0. The second-order valence-electron chi connectivity index (χ2n) is 4.93. The standard InChI is InChI=1S/C21H16/c1-2-5-17-8-10-18(11-9-17)12-13-19-14-15-20-6-3-4-7-21(20)16-19/h2-11,14-16H,1H3/b5-2+. The molecule has 3 aromatic rings. The number of allylic oxidation sites excluding steroid dienone is 1. The molecule has 0 bridgehead atoms. The first-order valence-electron chi connectivity index (χ1n) is 7.09. The summed E-state index contributed by atoms with van der Waals surface area (Å²) in [6.07, 6.45) is 4.12. The third kappa shape index (κ3) is 3.22. The van der Waals surface area contributed by atoms with Crippen molar-refractivity contribution in [2.75, 3.05) is 0 Å². The van der Waals surface area contributed by atoms with Crippen LogP contribution in [0, 0.1) is 11.8 Å². The van der Waals surface area contributed by atoms with E-state index in [1.54, 1.807) is 0 Å². The quantitative estimate of drug-likeness (QED) is 0.527. The van der Waals surface area contributed by atoms with Crippen LogP contribution in [0.4, 0.5) is 0 Å². The van der Waals surface area contributed by atoms with Crippen molar-refractivity contribution in [3.63, 3.8) is 0 Å². The lowest BCUT2D eigenvalue weighted by molar-refractivity contribution is 1.60. The molecule has 0 saturated heterocycles. The largest absolute Gasteiger partial charge is 0.0871 e. The fourth-order valence-corrected chi connectivity index (χ4v) is 2.28. The lowest BCUT2D eigenvalue weighted by atomic mass is 10.1. The molecule has 3 rings (SSSR count). The molecule has 0 atom stereocenters. The second kappa shape index (κ2) is 6.11. The Kier molecular flexibility index (Phi) is 3.85. The minimum absolute atomic E-state index is 1.04. The summed E-state index contributed by atoms with van der Waals surface area (Å²) in [6, 6.07) is 23.0. The molecule has 0 aliphatic rings. The second-order valence-corrected chi connectivity index (χ2v) is 4.93. The van der Waals surface area contributed by atoms with Crippen LogP contribution < -0.4 is 0 Å². The Bertz CT molecular complexity index is 840. The maximum absolute atomic E-state index is 3.24. The van der Waals surface area contributed by atoms with Crippen LogP contribution in [0.3, 0.4) is 0 Å². The third-order valence-electron chi connectivity index (χ3n) is 3.37. The van der Waals surface area contributed by atoms with E-state index in [1.165, 1.54) is 16.3 Å². The highest BCUT2D eigenvalue weighted by Crippen LogP contribution is 2.15. The molecule has 0 aliphatic carbocycles. The Balaban J connectivity index is 1.88. The minimum Gasteiger partial charge on any atom is -0.0871 e. The van der Waals surface area contributed by atoms with Gasteiger partial charge in [0, 0.05) is 11.1 Å². The lowest BCUT2D eigenvalue weighted by Gasteiger charge is -1.97. The molecule has 0 aliphatic heterocycles. The van der Waals surface area contributed by atoms with E-state index in [-0.39, 0.29) is 0 Å². The molecular formula is C21H16. The molecule has 0 radical (unpaired) electrons. The van der Waals surface area contributed by atoms with E-state index in [1.807, 2.05) is 13.0 Å². The van der Waals surface area contributed by atoms with Gasteiger partial charge in [-0.2, -0.15) is 0 Å². The normalized spacial score (nSPS) is 10.5. The van der Waals surface area contributed by atoms with Gasteiger partial charge in [0.05, 0.1) is 0 Å². The van der Waals surface area contributed by atoms with Crippen molar-refractivity contribution >= 4 is 16.8 Å². The number of fused-ring (bicyclic) bond motifs is 1. The monoisotopic (exact) mass is 268 g/mol. The molecule has 0 aromatic heterocycles. The van der Waals surface area contributed by atoms with Gasteiger partial charge in [0.15, 0.2) is 0 Å². The Morgan fingerprint density at radius 3 is 2.14 bits per heavy atom. The number of hydrogen-bond acceptors (Lipinski definition) is 0. The van der Waals surface area contributed by atoms with Crippen molar-refractivity contribution in [1.82, 2.24) is 0 Å². The first kappa shape index (κ1) is 13.2. The van der Waals surface area contributed by atoms with E-state index in [4.69, 9.17) is 0 Å². The molecule has 0 fully saturated rings. The number of benzene rings is 3. The van der Waals surface area contributed by atoms with Gasteiger partial charge in [-0.15, -0.1) is 0 Å². The predicted molar refractivity (Wildman–Crippen MR) is 91.1 cm³/mol. The highest BCUT2D eigenvalue weighted by molar-refractivity contribution is 5.83. The Morgan fingerprint density at radius 1 is 0.714 bits per heavy atom. The summed E-state index contributed by atoms with van der Waals surface area (Å²) >= 11 is 0. The fourth-order valence-electron chi connectivity index (χ4n) is 2.28. The Labute approximate surface area is 125 Å². The molecule has 21 heavy (non-hydrogen) atoms. The van der Waals surface area contributed by atoms with Gasteiger partial charge >= 0.3 is 0 Å². The molecule has 0 unspecified atom stereocenters. The van der Waals surface area contributed by atoms with Crippen molar-refractivity contribution in [3.8, 4) is 11.8 Å². The minimum atomic E-state index is 1.04. The van der Waals surface area contributed by atoms with Crippen LogP contribution in [0.2, 0.25) is 0 Å². The highest BCUT2D eigenvalue weighted by Gasteiger charge is 1.93. The van der Waals surface area contributed by atoms with Crippen LogP contribution in [0.15, 0.2) is 72.8 Å². The predicted octanol–water partition coefficient (Wildman–Crippen LogP) is 5.27. The smallest absolute Gasteiger partial charge is 0.0255 e. The van der Waals surface area contributed by atoms with Gasteiger partial charge in [0.2, 0.25) is 0 Å². The van der Waals surface area contributed by atoms with Gasteiger partial charge in [-0.05, 0) is 47.5 Å². The van der Waals surface area contributed by atoms with E-state index in [0.29, 0.717) is 0 Å². The van der Waals surface area contributed by atoms with Crippen molar-refractivity contribution in [2.45, 2.75) is 6.92 Å². The van der Waals surface area contributed by atoms with Crippen LogP contribution in [0.5, 0.6) is 0 Å². The van der Waals surface area contributed by atoms with Crippen molar-refractivity contribution in [3.05, 3.63) is 89.5 Å². The zero-order chi connectivity index (χ0) is 14.5. The molecular weight excluding hydrogens is 252 g/mol. The van der Waals surface area contributed by atoms with E-state index in [9.17, 15) is 0 Å². The summed E-state index contributed by atoms with van der Waals surface area (Å²) in [6.45, 7) is 2.02. The molecule has 0 N–H and O–H groups in total. The van der Waals surface area contributed by atoms with Crippen LogP contribution in [-0.2, 0) is 0 Å². The van der Waals surface area contributed by atoms with Gasteiger partial charge in [0.1, 0.15) is 0 Å². The van der Waals surface area contributed by atoms with Gasteiger partial charge in [-0.25, -0.2) is 0 Å². The lowest BCUT2D eigenvalue weighted by Crippen LogP contribution is -1.78. The first-order valence-corrected chi connectivity index (χ1v) is 7.09. The van der Waals surface area contributed by atoms with Crippen LogP contribution in [0.25, 0.3) is 16.8 Å². The molecule has 0 nitrogen and oxygen atoms in total. The van der Waals surface area contributed by atoms with Crippen molar-refractivity contribution in [2.24, 2.45) is 0 Å². The van der Waals surface area contributed by atoms with Crippen LogP contribution in [-0.4, -0.2) is 0 Å². The molecule has 0 spiro atoms. The number of hydrogen-bond donors (Lipinski definition) is 0. The van der Waals surface area contributed by atoms with Gasteiger partial charge in [0.25, 0.3) is 0 Å². The SMILES string of the molecule is C/C=C/c1ccc(C#Cc2ccc3ccccc3c2)cc1. The maximum atomic E-state index is 3.24. The van der Waals surface area contributed by atoms with Crippen LogP contribution in [0.1, 0.15) is 23.6 Å². The Morgan fingerprint density at radius 2 is 1.38 bits per heavy atom. The number of rotatable bonds is 1. The molecule has 0 amide bonds. The molecule has 0 saturated carbocycles. The van der Waals surface area contributed by atoms with E-state index in [0.717, 1.165) is 11.1 Å². The fraction of sp³-hybridized carbons (Fsp3) is 0.0476. The van der Waals surface area contributed by atoms with Gasteiger partial charge in [-0.1, -0.05) is 66.5 Å².